The second-order valence-corrected chi connectivity index (χ2v) is 4.26. The molecule has 0 saturated heterocycles. The van der Waals surface area contributed by atoms with Crippen molar-refractivity contribution in [3.05, 3.63) is 57.9 Å². The van der Waals surface area contributed by atoms with E-state index in [2.05, 4.69) is 25.1 Å². The summed E-state index contributed by atoms with van der Waals surface area (Å²) < 4.78 is 1.89. The minimum atomic E-state index is 0.107. The van der Waals surface area contributed by atoms with Gasteiger partial charge in [0.05, 0.1) is 5.69 Å². The van der Waals surface area contributed by atoms with Gasteiger partial charge in [0.2, 0.25) is 0 Å². The van der Waals surface area contributed by atoms with Crippen LogP contribution in [0.25, 0.3) is 11.3 Å². The molecule has 0 radical (unpaired) electrons. The smallest absolute Gasteiger partial charge is 0.251 e. The van der Waals surface area contributed by atoms with Crippen molar-refractivity contribution in [3.63, 3.8) is 0 Å². The molecule has 0 N–H and O–H groups in total. The van der Waals surface area contributed by atoms with Gasteiger partial charge in [0.15, 0.2) is 0 Å². The first-order chi connectivity index (χ1) is 7.77. The number of hydrogen-bond acceptors (Lipinski definition) is 1. The molecule has 1 aliphatic rings. The van der Waals surface area contributed by atoms with E-state index in [9.17, 15) is 4.79 Å². The molecular formula is C14H13NO. The fourth-order valence-corrected chi connectivity index (χ4v) is 2.47. The van der Waals surface area contributed by atoms with E-state index in [1.165, 1.54) is 16.7 Å². The molecule has 0 aliphatic carbocycles. The molecule has 0 fully saturated rings. The largest absolute Gasteiger partial charge is 0.308 e. The SMILES string of the molecule is Cc1ccc(=O)n2c1-c1ccccc1CC2. The fraction of sp³-hybridized carbons (Fsp3) is 0.214. The summed E-state index contributed by atoms with van der Waals surface area (Å²) in [6.07, 6.45) is 0.951. The number of hydrogen-bond donors (Lipinski definition) is 0. The molecule has 0 unspecified atom stereocenters. The number of pyridine rings is 1. The predicted molar refractivity (Wildman–Crippen MR) is 64.6 cm³/mol. The van der Waals surface area contributed by atoms with Crippen molar-refractivity contribution in [1.82, 2.24) is 4.57 Å². The summed E-state index contributed by atoms with van der Waals surface area (Å²) in [4.78, 5) is 11.8. The minimum Gasteiger partial charge on any atom is -0.308 e. The van der Waals surface area contributed by atoms with Gasteiger partial charge in [0, 0.05) is 18.2 Å². The van der Waals surface area contributed by atoms with Crippen molar-refractivity contribution in [1.29, 1.82) is 0 Å². The molecule has 0 amide bonds. The number of aromatic nitrogens is 1. The normalized spacial score (nSPS) is 13.1. The average Bonchev–Trinajstić information content (AvgIpc) is 2.33. The van der Waals surface area contributed by atoms with Gasteiger partial charge in [-0.25, -0.2) is 0 Å². The van der Waals surface area contributed by atoms with Crippen LogP contribution in [0.1, 0.15) is 11.1 Å². The maximum absolute atomic E-state index is 11.8. The molecule has 1 aromatic carbocycles. The quantitative estimate of drug-likeness (QED) is 0.655. The molecule has 16 heavy (non-hydrogen) atoms. The second-order valence-electron chi connectivity index (χ2n) is 4.26. The molecule has 80 valence electrons. The molecule has 1 aliphatic heterocycles. The molecule has 0 saturated carbocycles. The molecule has 2 heterocycles. The van der Waals surface area contributed by atoms with Crippen LogP contribution in [0, 0.1) is 6.92 Å². The van der Waals surface area contributed by atoms with Crippen LogP contribution >= 0.6 is 0 Å². The summed E-state index contributed by atoms with van der Waals surface area (Å²) in [6, 6.07) is 11.9. The van der Waals surface area contributed by atoms with Gasteiger partial charge in [-0.3, -0.25) is 4.79 Å². The van der Waals surface area contributed by atoms with Crippen molar-refractivity contribution in [3.8, 4) is 11.3 Å². The molecule has 0 spiro atoms. The molecule has 0 atom stereocenters. The van der Waals surface area contributed by atoms with E-state index >= 15 is 0 Å². The van der Waals surface area contributed by atoms with Crippen molar-refractivity contribution >= 4 is 0 Å². The van der Waals surface area contributed by atoms with Crippen molar-refractivity contribution in [2.24, 2.45) is 0 Å². The van der Waals surface area contributed by atoms with Crippen molar-refractivity contribution in [2.45, 2.75) is 19.9 Å². The molecule has 3 rings (SSSR count). The predicted octanol–water partition coefficient (Wildman–Crippen LogP) is 2.38. The fourth-order valence-electron chi connectivity index (χ4n) is 2.47. The van der Waals surface area contributed by atoms with E-state index in [4.69, 9.17) is 0 Å². The van der Waals surface area contributed by atoms with Crippen LogP contribution in [0.2, 0.25) is 0 Å². The zero-order chi connectivity index (χ0) is 11.1. The zero-order valence-corrected chi connectivity index (χ0v) is 9.23. The first kappa shape index (κ1) is 9.40. The van der Waals surface area contributed by atoms with Gasteiger partial charge in [-0.15, -0.1) is 0 Å². The zero-order valence-electron chi connectivity index (χ0n) is 9.23. The van der Waals surface area contributed by atoms with E-state index in [1.54, 1.807) is 6.07 Å². The summed E-state index contributed by atoms with van der Waals surface area (Å²) in [7, 11) is 0. The van der Waals surface area contributed by atoms with E-state index in [-0.39, 0.29) is 5.56 Å². The summed E-state index contributed by atoms with van der Waals surface area (Å²) in [5, 5.41) is 0. The van der Waals surface area contributed by atoms with Crippen LogP contribution in [0.4, 0.5) is 0 Å². The Kier molecular flexibility index (Phi) is 1.96. The van der Waals surface area contributed by atoms with E-state index in [0.717, 1.165) is 18.7 Å². The summed E-state index contributed by atoms with van der Waals surface area (Å²) in [5.41, 5.74) is 4.93. The lowest BCUT2D eigenvalue weighted by atomic mass is 9.95. The van der Waals surface area contributed by atoms with Gasteiger partial charge in [-0.05, 0) is 24.5 Å². The van der Waals surface area contributed by atoms with E-state index in [0.29, 0.717) is 0 Å². The Morgan fingerprint density at radius 3 is 2.81 bits per heavy atom. The molecule has 2 aromatic rings. The number of benzene rings is 1. The number of aryl methyl sites for hydroxylation is 2. The van der Waals surface area contributed by atoms with Gasteiger partial charge in [-0.2, -0.15) is 0 Å². The number of nitrogens with zero attached hydrogens (tertiary/aromatic N) is 1. The second kappa shape index (κ2) is 3.34. The molecule has 2 nitrogen and oxygen atoms in total. The van der Waals surface area contributed by atoms with E-state index < -0.39 is 0 Å². The maximum atomic E-state index is 11.8. The Hall–Kier alpha value is -1.83. The van der Waals surface area contributed by atoms with Gasteiger partial charge >= 0.3 is 0 Å². The van der Waals surface area contributed by atoms with Crippen molar-refractivity contribution in [2.75, 3.05) is 0 Å². The molecule has 0 bridgehead atoms. The maximum Gasteiger partial charge on any atom is 0.251 e. The third kappa shape index (κ3) is 1.23. The Labute approximate surface area is 94.2 Å². The first-order valence-corrected chi connectivity index (χ1v) is 5.56. The van der Waals surface area contributed by atoms with Gasteiger partial charge in [-0.1, -0.05) is 30.3 Å². The lowest BCUT2D eigenvalue weighted by molar-refractivity contribution is 0.656. The van der Waals surface area contributed by atoms with Crippen LogP contribution in [0.5, 0.6) is 0 Å². The average molecular weight is 211 g/mol. The molecule has 2 heteroatoms. The number of rotatable bonds is 0. The van der Waals surface area contributed by atoms with Crippen LogP contribution in [0.3, 0.4) is 0 Å². The van der Waals surface area contributed by atoms with Gasteiger partial charge in [0.1, 0.15) is 0 Å². The highest BCUT2D eigenvalue weighted by Crippen LogP contribution is 2.29. The Morgan fingerprint density at radius 2 is 1.94 bits per heavy atom. The van der Waals surface area contributed by atoms with Crippen LogP contribution in [0.15, 0.2) is 41.2 Å². The topological polar surface area (TPSA) is 22.0 Å². The number of fused-ring (bicyclic) bond motifs is 3. The van der Waals surface area contributed by atoms with Crippen LogP contribution < -0.4 is 5.56 Å². The lowest BCUT2D eigenvalue weighted by Gasteiger charge is -2.23. The Morgan fingerprint density at radius 1 is 1.12 bits per heavy atom. The van der Waals surface area contributed by atoms with Crippen LogP contribution in [-0.2, 0) is 13.0 Å². The highest BCUT2D eigenvalue weighted by atomic mass is 16.1. The Balaban J connectivity index is 2.40. The highest BCUT2D eigenvalue weighted by Gasteiger charge is 2.17. The van der Waals surface area contributed by atoms with Crippen LogP contribution in [-0.4, -0.2) is 4.57 Å². The van der Waals surface area contributed by atoms with Crippen molar-refractivity contribution < 1.29 is 0 Å². The summed E-state index contributed by atoms with van der Waals surface area (Å²) >= 11 is 0. The molecular weight excluding hydrogens is 198 g/mol. The third-order valence-electron chi connectivity index (χ3n) is 3.26. The highest BCUT2D eigenvalue weighted by molar-refractivity contribution is 5.68. The van der Waals surface area contributed by atoms with E-state index in [1.807, 2.05) is 16.7 Å². The summed E-state index contributed by atoms with van der Waals surface area (Å²) in [6.45, 7) is 2.86. The van der Waals surface area contributed by atoms with Gasteiger partial charge in [0.25, 0.3) is 5.56 Å². The first-order valence-electron chi connectivity index (χ1n) is 5.56. The monoisotopic (exact) mass is 211 g/mol. The summed E-state index contributed by atoms with van der Waals surface area (Å²) in [5.74, 6) is 0. The standard InChI is InChI=1S/C14H13NO/c1-10-6-7-13(16)15-9-8-11-4-2-3-5-12(11)14(10)15/h2-7H,8-9H2,1H3. The Bertz CT molecular complexity index is 610. The third-order valence-corrected chi connectivity index (χ3v) is 3.26. The lowest BCUT2D eigenvalue weighted by Crippen LogP contribution is -2.26. The van der Waals surface area contributed by atoms with Gasteiger partial charge < -0.3 is 4.57 Å². The minimum absolute atomic E-state index is 0.107. The molecule has 1 aromatic heterocycles.